The van der Waals surface area contributed by atoms with Crippen LogP contribution in [-0.2, 0) is 11.2 Å². The molecular weight excluding hydrogens is 283 g/mol. The third kappa shape index (κ3) is 6.11. The number of amides is 1. The quantitative estimate of drug-likeness (QED) is 0.403. The van der Waals surface area contributed by atoms with E-state index in [-0.39, 0.29) is 18.1 Å². The molecule has 0 aromatic heterocycles. The van der Waals surface area contributed by atoms with E-state index >= 15 is 0 Å². The van der Waals surface area contributed by atoms with E-state index in [4.69, 9.17) is 0 Å². The Balaban J connectivity index is 1.67. The number of hydrogen-bond acceptors (Lipinski definition) is 2. The molecule has 0 radical (unpaired) electrons. The average Bonchev–Trinajstić information content (AvgIpc) is 3.30. The maximum Gasteiger partial charge on any atom is 0.224 e. The third-order valence-corrected chi connectivity index (χ3v) is 3.24. The number of benzene rings is 1. The topological polar surface area (TPSA) is 65.5 Å². The number of nitrogens with zero attached hydrogens (tertiary/aromatic N) is 1. The van der Waals surface area contributed by atoms with Crippen LogP contribution in [0.1, 0.15) is 25.3 Å². The Kier molecular flexibility index (Phi) is 6.18. The summed E-state index contributed by atoms with van der Waals surface area (Å²) < 4.78 is 12.8. The number of rotatable bonds is 7. The zero-order chi connectivity index (χ0) is 15.8. The summed E-state index contributed by atoms with van der Waals surface area (Å²) >= 11 is 0. The first-order valence-corrected chi connectivity index (χ1v) is 7.73. The minimum atomic E-state index is -0.294. The van der Waals surface area contributed by atoms with Crippen LogP contribution in [0.15, 0.2) is 29.3 Å². The lowest BCUT2D eigenvalue weighted by molar-refractivity contribution is -0.120. The summed E-state index contributed by atoms with van der Waals surface area (Å²) in [5, 5.41) is 9.31. The SMILES string of the molecule is CCNC(=NCCNC(=O)Cc1ccc(F)cc1)NC1CC1. The molecule has 0 atom stereocenters. The molecule has 1 fully saturated rings. The van der Waals surface area contributed by atoms with Gasteiger partial charge in [0, 0.05) is 19.1 Å². The standard InChI is InChI=1S/C16H23FN4O/c1-2-18-16(21-14-7-8-14)20-10-9-19-15(22)11-12-3-5-13(17)6-4-12/h3-6,14H,2,7-11H2,1H3,(H,19,22)(H2,18,20,21). The number of guanidine groups is 1. The molecule has 3 N–H and O–H groups in total. The van der Waals surface area contributed by atoms with Gasteiger partial charge in [0.1, 0.15) is 5.82 Å². The number of hydrogen-bond donors (Lipinski definition) is 3. The van der Waals surface area contributed by atoms with E-state index in [1.54, 1.807) is 12.1 Å². The molecule has 0 saturated heterocycles. The Morgan fingerprint density at radius 2 is 2.00 bits per heavy atom. The molecular formula is C16H23FN4O. The Labute approximate surface area is 130 Å². The summed E-state index contributed by atoms with van der Waals surface area (Å²) in [7, 11) is 0. The van der Waals surface area contributed by atoms with Crippen molar-refractivity contribution in [2.24, 2.45) is 4.99 Å². The normalized spacial score (nSPS) is 14.5. The van der Waals surface area contributed by atoms with Crippen molar-refractivity contribution >= 4 is 11.9 Å². The summed E-state index contributed by atoms with van der Waals surface area (Å²) in [6.45, 7) is 3.85. The van der Waals surface area contributed by atoms with Gasteiger partial charge in [0.2, 0.25) is 5.91 Å². The highest BCUT2D eigenvalue weighted by atomic mass is 19.1. The fourth-order valence-electron chi connectivity index (χ4n) is 1.95. The molecule has 2 rings (SSSR count). The highest BCUT2D eigenvalue weighted by molar-refractivity contribution is 5.80. The van der Waals surface area contributed by atoms with Gasteiger partial charge in [-0.2, -0.15) is 0 Å². The highest BCUT2D eigenvalue weighted by Crippen LogP contribution is 2.18. The van der Waals surface area contributed by atoms with Crippen LogP contribution >= 0.6 is 0 Å². The first-order chi connectivity index (χ1) is 10.7. The van der Waals surface area contributed by atoms with E-state index in [9.17, 15) is 9.18 Å². The van der Waals surface area contributed by atoms with Crippen LogP contribution < -0.4 is 16.0 Å². The lowest BCUT2D eigenvalue weighted by Gasteiger charge is -2.10. The smallest absolute Gasteiger partial charge is 0.224 e. The first kappa shape index (κ1) is 16.3. The lowest BCUT2D eigenvalue weighted by atomic mass is 10.1. The van der Waals surface area contributed by atoms with Crippen molar-refractivity contribution in [3.8, 4) is 0 Å². The molecule has 6 heteroatoms. The van der Waals surface area contributed by atoms with Crippen molar-refractivity contribution < 1.29 is 9.18 Å². The maximum absolute atomic E-state index is 12.8. The zero-order valence-electron chi connectivity index (χ0n) is 12.9. The molecule has 22 heavy (non-hydrogen) atoms. The van der Waals surface area contributed by atoms with E-state index < -0.39 is 0 Å². The maximum atomic E-state index is 12.8. The fraction of sp³-hybridized carbons (Fsp3) is 0.500. The van der Waals surface area contributed by atoms with Crippen molar-refractivity contribution in [1.29, 1.82) is 0 Å². The molecule has 0 bridgehead atoms. The predicted octanol–water partition coefficient (Wildman–Crippen LogP) is 1.20. The number of nitrogens with one attached hydrogen (secondary N) is 3. The monoisotopic (exact) mass is 306 g/mol. The Morgan fingerprint density at radius 3 is 2.64 bits per heavy atom. The van der Waals surface area contributed by atoms with Gasteiger partial charge in [-0.25, -0.2) is 4.39 Å². The van der Waals surface area contributed by atoms with E-state index in [0.29, 0.717) is 19.1 Å². The van der Waals surface area contributed by atoms with Crippen molar-refractivity contribution in [3.63, 3.8) is 0 Å². The van der Waals surface area contributed by atoms with Crippen LogP contribution in [0.3, 0.4) is 0 Å². The molecule has 0 spiro atoms. The minimum Gasteiger partial charge on any atom is -0.357 e. The molecule has 1 aromatic rings. The number of halogens is 1. The number of carbonyl (C=O) groups is 1. The summed E-state index contributed by atoms with van der Waals surface area (Å²) in [5.74, 6) is 0.428. The van der Waals surface area contributed by atoms with Crippen LogP contribution in [-0.4, -0.2) is 37.5 Å². The third-order valence-electron chi connectivity index (χ3n) is 3.24. The largest absolute Gasteiger partial charge is 0.357 e. The van der Waals surface area contributed by atoms with Gasteiger partial charge in [0.05, 0.1) is 13.0 Å². The van der Waals surface area contributed by atoms with Gasteiger partial charge >= 0.3 is 0 Å². The van der Waals surface area contributed by atoms with Crippen molar-refractivity contribution in [1.82, 2.24) is 16.0 Å². The fourth-order valence-corrected chi connectivity index (χ4v) is 1.95. The molecule has 0 heterocycles. The second-order valence-electron chi connectivity index (χ2n) is 5.33. The first-order valence-electron chi connectivity index (χ1n) is 7.73. The van der Waals surface area contributed by atoms with Gasteiger partial charge in [0.25, 0.3) is 0 Å². The Hall–Kier alpha value is -2.11. The molecule has 1 aliphatic rings. The van der Waals surface area contributed by atoms with E-state index in [0.717, 1.165) is 18.1 Å². The lowest BCUT2D eigenvalue weighted by Crippen LogP contribution is -2.39. The molecule has 1 aliphatic carbocycles. The summed E-state index contributed by atoms with van der Waals surface area (Å²) in [4.78, 5) is 16.2. The molecule has 1 saturated carbocycles. The summed E-state index contributed by atoms with van der Waals surface area (Å²) in [6.07, 6.45) is 2.64. The van der Waals surface area contributed by atoms with Gasteiger partial charge in [-0.05, 0) is 37.5 Å². The van der Waals surface area contributed by atoms with E-state index in [1.807, 2.05) is 6.92 Å². The number of aliphatic imine (C=N–C) groups is 1. The van der Waals surface area contributed by atoms with E-state index in [2.05, 4.69) is 20.9 Å². The average molecular weight is 306 g/mol. The van der Waals surface area contributed by atoms with Crippen molar-refractivity contribution in [2.75, 3.05) is 19.6 Å². The highest BCUT2D eigenvalue weighted by Gasteiger charge is 2.21. The summed E-state index contributed by atoms with van der Waals surface area (Å²) in [5.41, 5.74) is 0.797. The zero-order valence-corrected chi connectivity index (χ0v) is 12.9. The van der Waals surface area contributed by atoms with Crippen LogP contribution in [0.5, 0.6) is 0 Å². The van der Waals surface area contributed by atoms with Crippen LogP contribution in [0, 0.1) is 5.82 Å². The second-order valence-corrected chi connectivity index (χ2v) is 5.33. The van der Waals surface area contributed by atoms with Crippen LogP contribution in [0.4, 0.5) is 4.39 Å². The second kappa shape index (κ2) is 8.36. The van der Waals surface area contributed by atoms with Gasteiger partial charge in [-0.3, -0.25) is 9.79 Å². The molecule has 0 aliphatic heterocycles. The van der Waals surface area contributed by atoms with Gasteiger partial charge in [0.15, 0.2) is 5.96 Å². The number of carbonyl (C=O) groups excluding carboxylic acids is 1. The van der Waals surface area contributed by atoms with Gasteiger partial charge in [-0.1, -0.05) is 12.1 Å². The molecule has 1 aromatic carbocycles. The Morgan fingerprint density at radius 1 is 1.27 bits per heavy atom. The van der Waals surface area contributed by atoms with Crippen LogP contribution in [0.25, 0.3) is 0 Å². The van der Waals surface area contributed by atoms with Gasteiger partial charge in [-0.15, -0.1) is 0 Å². The van der Waals surface area contributed by atoms with E-state index in [1.165, 1.54) is 25.0 Å². The minimum absolute atomic E-state index is 0.0815. The van der Waals surface area contributed by atoms with Crippen molar-refractivity contribution in [2.45, 2.75) is 32.2 Å². The van der Waals surface area contributed by atoms with Crippen LogP contribution in [0.2, 0.25) is 0 Å². The molecule has 5 nitrogen and oxygen atoms in total. The summed E-state index contributed by atoms with van der Waals surface area (Å²) in [6, 6.07) is 6.51. The van der Waals surface area contributed by atoms with Gasteiger partial charge < -0.3 is 16.0 Å². The molecule has 1 amide bonds. The predicted molar refractivity (Wildman–Crippen MR) is 85.3 cm³/mol. The molecule has 0 unspecified atom stereocenters. The Bertz CT molecular complexity index is 511. The molecule has 120 valence electrons. The van der Waals surface area contributed by atoms with Crippen molar-refractivity contribution in [3.05, 3.63) is 35.6 Å².